The zero-order valence-electron chi connectivity index (χ0n) is 11.0. The highest BCUT2D eigenvalue weighted by Gasteiger charge is 2.11. The number of aromatic nitrogens is 1. The van der Waals surface area contributed by atoms with Gasteiger partial charge in [-0.25, -0.2) is 4.98 Å². The molecule has 1 N–H and O–H groups in total. The molecule has 2 nitrogen and oxygen atoms in total. The van der Waals surface area contributed by atoms with Crippen LogP contribution in [-0.2, 0) is 6.42 Å². The first-order valence-corrected chi connectivity index (χ1v) is 7.28. The third kappa shape index (κ3) is 3.65. The molecule has 1 heterocycles. The third-order valence-electron chi connectivity index (χ3n) is 3.09. The Balaban J connectivity index is 1.98. The molecule has 2 rings (SSSR count). The van der Waals surface area contributed by atoms with Gasteiger partial charge in [-0.15, -0.1) is 11.3 Å². The van der Waals surface area contributed by atoms with Crippen LogP contribution in [0.1, 0.15) is 28.6 Å². The smallest absolute Gasteiger partial charge is 0.0928 e. The van der Waals surface area contributed by atoms with E-state index in [1.165, 1.54) is 10.6 Å². The molecule has 1 unspecified atom stereocenters. The van der Waals surface area contributed by atoms with Gasteiger partial charge in [-0.05, 0) is 38.3 Å². The Morgan fingerprint density at radius 2 is 2.06 bits per heavy atom. The quantitative estimate of drug-likeness (QED) is 0.861. The van der Waals surface area contributed by atoms with Gasteiger partial charge in [0.2, 0.25) is 0 Å². The predicted molar refractivity (Wildman–Crippen MR) is 78.3 cm³/mol. The fraction of sp³-hybridized carbons (Fsp3) is 0.400. The molecule has 1 aromatic carbocycles. The van der Waals surface area contributed by atoms with Gasteiger partial charge in [0.05, 0.1) is 5.01 Å². The molecule has 1 atom stereocenters. The molecule has 0 aliphatic heterocycles. The second-order valence-electron chi connectivity index (χ2n) is 4.59. The fourth-order valence-electron chi connectivity index (χ4n) is 2.17. The maximum atomic E-state index is 4.53. The number of hydrogen-bond acceptors (Lipinski definition) is 3. The van der Waals surface area contributed by atoms with Crippen molar-refractivity contribution in [2.75, 3.05) is 13.6 Å². The molecule has 0 bridgehead atoms. The number of nitrogens with one attached hydrogen (secondary N) is 1. The molecule has 0 aliphatic rings. The van der Waals surface area contributed by atoms with Crippen LogP contribution in [0.2, 0.25) is 0 Å². The van der Waals surface area contributed by atoms with E-state index in [0.29, 0.717) is 5.92 Å². The summed E-state index contributed by atoms with van der Waals surface area (Å²) in [5.41, 5.74) is 2.56. The van der Waals surface area contributed by atoms with Crippen LogP contribution in [0.3, 0.4) is 0 Å². The first-order chi connectivity index (χ1) is 8.79. The van der Waals surface area contributed by atoms with Crippen molar-refractivity contribution in [3.05, 3.63) is 52.0 Å². The number of thiazole rings is 1. The predicted octanol–water partition coefficient (Wildman–Crippen LogP) is 3.39. The number of nitrogens with zero attached hydrogens (tertiary/aromatic N) is 1. The zero-order valence-corrected chi connectivity index (χ0v) is 11.8. The van der Waals surface area contributed by atoms with Crippen molar-refractivity contribution in [1.29, 1.82) is 0 Å². The standard InChI is InChI=1S/C15H20N2S/c1-12-11-18-15(17-12)9-8-14(10-16-2)13-6-4-3-5-7-13/h3-7,11,14,16H,8-10H2,1-2H3. The molecule has 0 radical (unpaired) electrons. The highest BCUT2D eigenvalue weighted by molar-refractivity contribution is 7.09. The molecule has 0 aliphatic carbocycles. The molecular formula is C15H20N2S. The van der Waals surface area contributed by atoms with Gasteiger partial charge in [-0.2, -0.15) is 0 Å². The maximum Gasteiger partial charge on any atom is 0.0928 e. The van der Waals surface area contributed by atoms with Crippen molar-refractivity contribution in [2.45, 2.75) is 25.7 Å². The highest BCUT2D eigenvalue weighted by Crippen LogP contribution is 2.22. The molecule has 1 aromatic heterocycles. The van der Waals surface area contributed by atoms with Crippen molar-refractivity contribution in [2.24, 2.45) is 0 Å². The lowest BCUT2D eigenvalue weighted by atomic mass is 9.94. The van der Waals surface area contributed by atoms with Crippen LogP contribution >= 0.6 is 11.3 Å². The number of aryl methyl sites for hydroxylation is 2. The summed E-state index contributed by atoms with van der Waals surface area (Å²) in [5.74, 6) is 0.570. The van der Waals surface area contributed by atoms with Crippen LogP contribution in [-0.4, -0.2) is 18.6 Å². The molecular weight excluding hydrogens is 240 g/mol. The van der Waals surface area contributed by atoms with Crippen LogP contribution in [0.25, 0.3) is 0 Å². The summed E-state index contributed by atoms with van der Waals surface area (Å²) < 4.78 is 0. The van der Waals surface area contributed by atoms with Crippen LogP contribution in [0, 0.1) is 6.92 Å². The first-order valence-electron chi connectivity index (χ1n) is 6.40. The van der Waals surface area contributed by atoms with Crippen LogP contribution in [0.15, 0.2) is 35.7 Å². The molecule has 0 spiro atoms. The van der Waals surface area contributed by atoms with Gasteiger partial charge in [-0.3, -0.25) is 0 Å². The minimum absolute atomic E-state index is 0.570. The summed E-state index contributed by atoms with van der Waals surface area (Å²) in [6.45, 7) is 3.08. The minimum atomic E-state index is 0.570. The normalized spacial score (nSPS) is 12.6. The number of benzene rings is 1. The topological polar surface area (TPSA) is 24.9 Å². The molecule has 96 valence electrons. The van der Waals surface area contributed by atoms with Crippen LogP contribution in [0.5, 0.6) is 0 Å². The summed E-state index contributed by atoms with van der Waals surface area (Å²) in [6, 6.07) is 10.7. The van der Waals surface area contributed by atoms with Gasteiger partial charge in [0.15, 0.2) is 0 Å². The van der Waals surface area contributed by atoms with E-state index in [0.717, 1.165) is 25.1 Å². The highest BCUT2D eigenvalue weighted by atomic mass is 32.1. The maximum absolute atomic E-state index is 4.53. The van der Waals surface area contributed by atoms with E-state index in [4.69, 9.17) is 0 Å². The zero-order chi connectivity index (χ0) is 12.8. The van der Waals surface area contributed by atoms with Crippen molar-refractivity contribution in [3.8, 4) is 0 Å². The fourth-order valence-corrected chi connectivity index (χ4v) is 2.97. The summed E-state index contributed by atoms with van der Waals surface area (Å²) in [7, 11) is 2.02. The molecule has 2 aromatic rings. The summed E-state index contributed by atoms with van der Waals surface area (Å²) in [4.78, 5) is 4.53. The van der Waals surface area contributed by atoms with Gasteiger partial charge in [0.25, 0.3) is 0 Å². The Morgan fingerprint density at radius 3 is 2.67 bits per heavy atom. The molecule has 0 fully saturated rings. The second kappa shape index (κ2) is 6.66. The summed E-state index contributed by atoms with van der Waals surface area (Å²) in [6.07, 6.45) is 2.22. The molecule has 0 amide bonds. The Kier molecular flexibility index (Phi) is 4.90. The molecule has 3 heteroatoms. The van der Waals surface area contributed by atoms with Crippen LogP contribution in [0.4, 0.5) is 0 Å². The monoisotopic (exact) mass is 260 g/mol. The average Bonchev–Trinajstić information content (AvgIpc) is 2.81. The van der Waals surface area contributed by atoms with Gasteiger partial charge in [0, 0.05) is 17.6 Å². The Hall–Kier alpha value is -1.19. The van der Waals surface area contributed by atoms with Crippen LogP contribution < -0.4 is 5.32 Å². The van der Waals surface area contributed by atoms with Gasteiger partial charge in [0.1, 0.15) is 0 Å². The van der Waals surface area contributed by atoms with Gasteiger partial charge < -0.3 is 5.32 Å². The lowest BCUT2D eigenvalue weighted by Gasteiger charge is -2.16. The Morgan fingerprint density at radius 1 is 1.28 bits per heavy atom. The van der Waals surface area contributed by atoms with Gasteiger partial charge in [-0.1, -0.05) is 30.3 Å². The molecule has 0 saturated carbocycles. The van der Waals surface area contributed by atoms with Gasteiger partial charge >= 0.3 is 0 Å². The first kappa shape index (κ1) is 13.2. The van der Waals surface area contributed by atoms with E-state index >= 15 is 0 Å². The van der Waals surface area contributed by atoms with E-state index in [1.807, 2.05) is 7.05 Å². The van der Waals surface area contributed by atoms with Crippen molar-refractivity contribution in [3.63, 3.8) is 0 Å². The number of hydrogen-bond donors (Lipinski definition) is 1. The number of likely N-dealkylation sites (N-methyl/N-ethyl adjacent to an activating group) is 1. The van der Waals surface area contributed by atoms with E-state index < -0.39 is 0 Å². The molecule has 0 saturated heterocycles. The van der Waals surface area contributed by atoms with Crippen molar-refractivity contribution in [1.82, 2.24) is 10.3 Å². The Bertz CT molecular complexity index is 464. The second-order valence-corrected chi connectivity index (χ2v) is 5.53. The lowest BCUT2D eigenvalue weighted by Crippen LogP contribution is -2.17. The van der Waals surface area contributed by atoms with E-state index in [1.54, 1.807) is 11.3 Å². The summed E-state index contributed by atoms with van der Waals surface area (Å²) in [5, 5.41) is 6.67. The largest absolute Gasteiger partial charge is 0.319 e. The lowest BCUT2D eigenvalue weighted by molar-refractivity contribution is 0.583. The molecule has 18 heavy (non-hydrogen) atoms. The van der Waals surface area contributed by atoms with E-state index in [2.05, 4.69) is 52.9 Å². The Labute approximate surface area is 113 Å². The number of rotatable bonds is 6. The van der Waals surface area contributed by atoms with E-state index in [-0.39, 0.29) is 0 Å². The third-order valence-corrected chi connectivity index (χ3v) is 4.12. The summed E-state index contributed by atoms with van der Waals surface area (Å²) >= 11 is 1.77. The minimum Gasteiger partial charge on any atom is -0.319 e. The van der Waals surface area contributed by atoms with Crippen molar-refractivity contribution >= 4 is 11.3 Å². The van der Waals surface area contributed by atoms with E-state index in [9.17, 15) is 0 Å². The van der Waals surface area contributed by atoms with Crippen molar-refractivity contribution < 1.29 is 0 Å². The SMILES string of the molecule is CNCC(CCc1nc(C)cs1)c1ccccc1. The average molecular weight is 260 g/mol.